The van der Waals surface area contributed by atoms with Crippen molar-refractivity contribution in [2.75, 3.05) is 0 Å². The van der Waals surface area contributed by atoms with Crippen LogP contribution in [-0.2, 0) is 34.4 Å². The summed E-state index contributed by atoms with van der Waals surface area (Å²) in [7, 11) is 0. The van der Waals surface area contributed by atoms with E-state index in [1.54, 1.807) is 4.90 Å². The van der Waals surface area contributed by atoms with Gasteiger partial charge in [-0.15, -0.1) is 0 Å². The summed E-state index contributed by atoms with van der Waals surface area (Å²) in [6, 6.07) is 26.2. The van der Waals surface area contributed by atoms with Crippen LogP contribution in [0.5, 0.6) is 0 Å². The van der Waals surface area contributed by atoms with Gasteiger partial charge in [0.05, 0.1) is 0 Å². The van der Waals surface area contributed by atoms with Crippen molar-refractivity contribution in [1.82, 2.24) is 10.2 Å². The zero-order valence-electron chi connectivity index (χ0n) is 24.0. The van der Waals surface area contributed by atoms with Gasteiger partial charge in [-0.1, -0.05) is 112 Å². The lowest BCUT2D eigenvalue weighted by Crippen LogP contribution is -2.52. The lowest BCUT2D eigenvalue weighted by Gasteiger charge is -2.32. The number of amides is 2. The van der Waals surface area contributed by atoms with Gasteiger partial charge < -0.3 is 10.2 Å². The molecule has 2 amide bonds. The second kappa shape index (κ2) is 13.4. The number of nitrogens with zero attached hydrogens (tertiary/aromatic N) is 1. The molecule has 1 N–H and O–H groups in total. The fourth-order valence-corrected chi connectivity index (χ4v) is 4.45. The number of hydrogen-bond donors (Lipinski definition) is 1. The molecule has 0 saturated carbocycles. The van der Waals surface area contributed by atoms with Crippen LogP contribution in [-0.4, -0.2) is 28.8 Å². The molecular formula is C34H44N2O2. The van der Waals surface area contributed by atoms with E-state index >= 15 is 0 Å². The van der Waals surface area contributed by atoms with Crippen LogP contribution in [0.15, 0.2) is 78.9 Å². The average Bonchev–Trinajstić information content (AvgIpc) is 2.90. The van der Waals surface area contributed by atoms with E-state index in [9.17, 15) is 9.59 Å². The van der Waals surface area contributed by atoms with Crippen LogP contribution in [0, 0.1) is 6.92 Å². The molecule has 0 unspecified atom stereocenters. The van der Waals surface area contributed by atoms with Crippen LogP contribution >= 0.6 is 0 Å². The summed E-state index contributed by atoms with van der Waals surface area (Å²) in [5.74, 6) is -0.107. The second-order valence-electron chi connectivity index (χ2n) is 11.5. The molecule has 4 heteroatoms. The van der Waals surface area contributed by atoms with Crippen molar-refractivity contribution < 1.29 is 9.59 Å². The van der Waals surface area contributed by atoms with Gasteiger partial charge >= 0.3 is 0 Å². The molecule has 0 saturated heterocycles. The van der Waals surface area contributed by atoms with E-state index in [1.165, 1.54) is 11.1 Å². The first kappa shape index (κ1) is 29.2. The lowest BCUT2D eigenvalue weighted by molar-refractivity contribution is -0.141. The Labute approximate surface area is 229 Å². The Kier molecular flexibility index (Phi) is 10.3. The maximum atomic E-state index is 13.9. The molecule has 0 spiro atoms. The Morgan fingerprint density at radius 3 is 2.03 bits per heavy atom. The number of rotatable bonds is 11. The number of benzene rings is 3. The minimum Gasteiger partial charge on any atom is -0.352 e. The van der Waals surface area contributed by atoms with Gasteiger partial charge in [0.15, 0.2) is 0 Å². The smallest absolute Gasteiger partial charge is 0.243 e. The van der Waals surface area contributed by atoms with Crippen molar-refractivity contribution in [3.63, 3.8) is 0 Å². The summed E-state index contributed by atoms with van der Waals surface area (Å²) < 4.78 is 0. The second-order valence-corrected chi connectivity index (χ2v) is 11.5. The van der Waals surface area contributed by atoms with Crippen molar-refractivity contribution in [2.24, 2.45) is 0 Å². The monoisotopic (exact) mass is 512 g/mol. The third kappa shape index (κ3) is 8.58. The highest BCUT2D eigenvalue weighted by molar-refractivity contribution is 5.88. The summed E-state index contributed by atoms with van der Waals surface area (Å²) in [6.07, 6.45) is 2.29. The number of hydrogen-bond acceptors (Lipinski definition) is 2. The number of nitrogens with one attached hydrogen (secondary N) is 1. The first-order valence-corrected chi connectivity index (χ1v) is 13.9. The molecule has 0 aromatic heterocycles. The van der Waals surface area contributed by atoms with Gasteiger partial charge in [0.1, 0.15) is 6.04 Å². The molecule has 0 fully saturated rings. The molecule has 0 aliphatic heterocycles. The zero-order chi connectivity index (χ0) is 27.7. The van der Waals surface area contributed by atoms with E-state index in [0.717, 1.165) is 23.1 Å². The largest absolute Gasteiger partial charge is 0.352 e. The molecule has 3 aromatic carbocycles. The van der Waals surface area contributed by atoms with E-state index < -0.39 is 6.04 Å². The van der Waals surface area contributed by atoms with E-state index in [0.29, 0.717) is 25.8 Å². The van der Waals surface area contributed by atoms with Crippen molar-refractivity contribution in [1.29, 1.82) is 0 Å². The topological polar surface area (TPSA) is 49.4 Å². The summed E-state index contributed by atoms with van der Waals surface area (Å²) in [5.41, 5.74) is 5.72. The molecule has 0 radical (unpaired) electrons. The van der Waals surface area contributed by atoms with E-state index in [1.807, 2.05) is 49.4 Å². The van der Waals surface area contributed by atoms with Crippen LogP contribution in [0.2, 0.25) is 0 Å². The average molecular weight is 513 g/mol. The SMILES string of the molecule is CC[C@H](C)NC(=O)[C@@H](Cc1ccccc1)N(Cc1ccc(C)cc1)C(=O)CCc1ccc(C(C)(C)C)cc1. The summed E-state index contributed by atoms with van der Waals surface area (Å²) in [6.45, 7) is 13.1. The van der Waals surface area contributed by atoms with Crippen LogP contribution in [0.3, 0.4) is 0 Å². The Morgan fingerprint density at radius 2 is 1.45 bits per heavy atom. The highest BCUT2D eigenvalue weighted by Gasteiger charge is 2.30. The van der Waals surface area contributed by atoms with Gasteiger partial charge in [-0.2, -0.15) is 0 Å². The van der Waals surface area contributed by atoms with Crippen molar-refractivity contribution in [3.8, 4) is 0 Å². The highest BCUT2D eigenvalue weighted by atomic mass is 16.2. The van der Waals surface area contributed by atoms with Crippen LogP contribution in [0.25, 0.3) is 0 Å². The Hall–Kier alpha value is -3.40. The molecule has 202 valence electrons. The Bertz CT molecular complexity index is 1160. The molecule has 3 rings (SSSR count). The van der Waals surface area contributed by atoms with E-state index in [4.69, 9.17) is 0 Å². The maximum absolute atomic E-state index is 13.9. The highest BCUT2D eigenvalue weighted by Crippen LogP contribution is 2.23. The van der Waals surface area contributed by atoms with Crippen molar-refractivity contribution >= 4 is 11.8 Å². The summed E-state index contributed by atoms with van der Waals surface area (Å²) in [4.78, 5) is 29.2. The first-order chi connectivity index (χ1) is 18.1. The molecule has 2 atom stereocenters. The van der Waals surface area contributed by atoms with Gasteiger partial charge in [0.25, 0.3) is 0 Å². The van der Waals surface area contributed by atoms with Gasteiger partial charge in [0.2, 0.25) is 11.8 Å². The molecule has 0 heterocycles. The molecule has 3 aromatic rings. The molecule has 38 heavy (non-hydrogen) atoms. The third-order valence-electron chi connectivity index (χ3n) is 7.19. The maximum Gasteiger partial charge on any atom is 0.243 e. The quantitative estimate of drug-likeness (QED) is 0.308. The van der Waals surface area contributed by atoms with Crippen molar-refractivity contribution in [3.05, 3.63) is 107 Å². The number of carbonyl (C=O) groups is 2. The van der Waals surface area contributed by atoms with Gasteiger partial charge in [0, 0.05) is 25.4 Å². The third-order valence-corrected chi connectivity index (χ3v) is 7.19. The molecule has 4 nitrogen and oxygen atoms in total. The standard InChI is InChI=1S/C34H44N2O2/c1-7-26(3)35-33(38)31(23-28-11-9-8-10-12-28)36(24-29-15-13-25(2)14-16-29)32(37)22-19-27-17-20-30(21-18-27)34(4,5)6/h8-18,20-21,26,31H,7,19,22-24H2,1-6H3,(H,35,38)/t26-,31+/m0/s1. The predicted molar refractivity (Wildman–Crippen MR) is 157 cm³/mol. The van der Waals surface area contributed by atoms with Crippen LogP contribution < -0.4 is 5.32 Å². The minimum atomic E-state index is -0.594. The Morgan fingerprint density at radius 1 is 0.842 bits per heavy atom. The van der Waals surface area contributed by atoms with Gasteiger partial charge in [-0.3, -0.25) is 9.59 Å². The van der Waals surface area contributed by atoms with Crippen LogP contribution in [0.4, 0.5) is 0 Å². The minimum absolute atomic E-state index is 0.00861. The fourth-order valence-electron chi connectivity index (χ4n) is 4.45. The van der Waals surface area contributed by atoms with E-state index in [2.05, 4.69) is 76.3 Å². The molecule has 0 aliphatic carbocycles. The van der Waals surface area contributed by atoms with Gasteiger partial charge in [-0.25, -0.2) is 0 Å². The number of carbonyl (C=O) groups excluding carboxylic acids is 2. The summed E-state index contributed by atoms with van der Waals surface area (Å²) >= 11 is 0. The van der Waals surface area contributed by atoms with Crippen molar-refractivity contribution in [2.45, 2.75) is 91.3 Å². The first-order valence-electron chi connectivity index (χ1n) is 13.9. The molecular weight excluding hydrogens is 468 g/mol. The lowest BCUT2D eigenvalue weighted by atomic mass is 9.86. The molecule has 0 bridgehead atoms. The zero-order valence-corrected chi connectivity index (χ0v) is 24.0. The summed E-state index contributed by atoms with van der Waals surface area (Å²) in [5, 5.41) is 3.14. The normalized spacial score (nSPS) is 13.0. The fraction of sp³-hybridized carbons (Fsp3) is 0.412. The predicted octanol–water partition coefficient (Wildman–Crippen LogP) is 6.78. The Balaban J connectivity index is 1.88. The van der Waals surface area contributed by atoms with Crippen LogP contribution in [0.1, 0.15) is 75.3 Å². The van der Waals surface area contributed by atoms with Gasteiger partial charge in [-0.05, 0) is 54.4 Å². The van der Waals surface area contributed by atoms with E-state index in [-0.39, 0.29) is 23.3 Å². The molecule has 0 aliphatic rings. The number of aryl methyl sites for hydroxylation is 2.